The van der Waals surface area contributed by atoms with E-state index in [9.17, 15) is 4.79 Å². The van der Waals surface area contributed by atoms with E-state index in [4.69, 9.17) is 5.73 Å². The minimum absolute atomic E-state index is 0. The molecule has 0 aliphatic heterocycles. The van der Waals surface area contributed by atoms with Gasteiger partial charge in [-0.05, 0) is 24.8 Å². The lowest BCUT2D eigenvalue weighted by Gasteiger charge is -2.15. The third-order valence-corrected chi connectivity index (χ3v) is 3.15. The Morgan fingerprint density at radius 1 is 1.62 bits per heavy atom. The molecule has 0 spiro atoms. The van der Waals surface area contributed by atoms with E-state index >= 15 is 0 Å². The monoisotopic (exact) mass is 262 g/mol. The Hall–Kier alpha value is -0.580. The van der Waals surface area contributed by atoms with Gasteiger partial charge < -0.3 is 11.1 Å². The zero-order chi connectivity index (χ0) is 11.3. The standard InChI is InChI=1S/C11H18N2OS.ClH/c1-3-10(12)11(14)13-8(2)7-9-5-4-6-15-9;/h4-6,8,10H,3,7,12H2,1-2H3,(H,13,14);1H/t8?,10-;/m0./s1. The molecule has 1 amide bonds. The van der Waals surface area contributed by atoms with E-state index in [1.807, 2.05) is 25.3 Å². The number of carbonyl (C=O) groups is 1. The number of hydrogen-bond acceptors (Lipinski definition) is 3. The molecule has 0 bridgehead atoms. The maximum absolute atomic E-state index is 11.5. The third-order valence-electron chi connectivity index (χ3n) is 2.25. The number of nitrogens with one attached hydrogen (secondary N) is 1. The molecule has 0 aliphatic rings. The molecule has 1 unspecified atom stereocenters. The van der Waals surface area contributed by atoms with Crippen LogP contribution in [-0.2, 0) is 11.2 Å². The van der Waals surface area contributed by atoms with E-state index in [1.54, 1.807) is 11.3 Å². The molecular weight excluding hydrogens is 244 g/mol. The predicted molar refractivity (Wildman–Crippen MR) is 71.1 cm³/mol. The molecule has 92 valence electrons. The largest absolute Gasteiger partial charge is 0.352 e. The molecule has 16 heavy (non-hydrogen) atoms. The number of rotatable bonds is 5. The van der Waals surface area contributed by atoms with Crippen LogP contribution < -0.4 is 11.1 Å². The van der Waals surface area contributed by atoms with E-state index in [0.717, 1.165) is 6.42 Å². The van der Waals surface area contributed by atoms with E-state index in [-0.39, 0.29) is 30.4 Å². The highest BCUT2D eigenvalue weighted by atomic mass is 35.5. The lowest BCUT2D eigenvalue weighted by molar-refractivity contribution is -0.123. The Bertz CT molecular complexity index is 303. The number of carbonyl (C=O) groups excluding carboxylic acids is 1. The summed E-state index contributed by atoms with van der Waals surface area (Å²) in [7, 11) is 0. The van der Waals surface area contributed by atoms with Gasteiger partial charge in [-0.25, -0.2) is 0 Å². The Kier molecular flexibility index (Phi) is 7.38. The van der Waals surface area contributed by atoms with Crippen molar-refractivity contribution in [1.82, 2.24) is 5.32 Å². The summed E-state index contributed by atoms with van der Waals surface area (Å²) < 4.78 is 0. The topological polar surface area (TPSA) is 55.1 Å². The van der Waals surface area contributed by atoms with Gasteiger partial charge in [-0.2, -0.15) is 0 Å². The van der Waals surface area contributed by atoms with Crippen molar-refractivity contribution in [3.05, 3.63) is 22.4 Å². The van der Waals surface area contributed by atoms with Crippen LogP contribution in [0.25, 0.3) is 0 Å². The first-order chi connectivity index (χ1) is 7.13. The van der Waals surface area contributed by atoms with Crippen molar-refractivity contribution in [2.75, 3.05) is 0 Å². The fourth-order valence-electron chi connectivity index (χ4n) is 1.32. The summed E-state index contributed by atoms with van der Waals surface area (Å²) in [5.74, 6) is -0.0541. The van der Waals surface area contributed by atoms with Crippen LogP contribution in [0.15, 0.2) is 17.5 Å². The second kappa shape index (κ2) is 7.65. The Balaban J connectivity index is 0.00000225. The van der Waals surface area contributed by atoms with Crippen molar-refractivity contribution in [1.29, 1.82) is 0 Å². The average Bonchev–Trinajstić information content (AvgIpc) is 2.68. The SMILES string of the molecule is CC[C@H](N)C(=O)NC(C)Cc1cccs1.Cl. The summed E-state index contributed by atoms with van der Waals surface area (Å²) in [6, 6.07) is 3.86. The van der Waals surface area contributed by atoms with Gasteiger partial charge in [0.1, 0.15) is 0 Å². The van der Waals surface area contributed by atoms with Crippen LogP contribution in [0.1, 0.15) is 25.1 Å². The number of hydrogen-bond donors (Lipinski definition) is 2. The van der Waals surface area contributed by atoms with Gasteiger partial charge in [0.25, 0.3) is 0 Å². The second-order valence-electron chi connectivity index (χ2n) is 3.71. The quantitative estimate of drug-likeness (QED) is 0.852. The summed E-state index contributed by atoms with van der Waals surface area (Å²) in [4.78, 5) is 12.8. The zero-order valence-electron chi connectivity index (χ0n) is 9.60. The normalized spacial score (nSPS) is 13.7. The maximum atomic E-state index is 11.5. The Morgan fingerprint density at radius 3 is 2.81 bits per heavy atom. The van der Waals surface area contributed by atoms with E-state index in [0.29, 0.717) is 6.42 Å². The summed E-state index contributed by atoms with van der Waals surface area (Å²) in [5, 5.41) is 4.95. The van der Waals surface area contributed by atoms with Crippen molar-refractivity contribution in [2.24, 2.45) is 5.73 Å². The fraction of sp³-hybridized carbons (Fsp3) is 0.545. The van der Waals surface area contributed by atoms with Gasteiger partial charge in [0, 0.05) is 17.3 Å². The zero-order valence-corrected chi connectivity index (χ0v) is 11.2. The van der Waals surface area contributed by atoms with E-state index in [2.05, 4.69) is 11.4 Å². The van der Waals surface area contributed by atoms with Gasteiger partial charge in [-0.15, -0.1) is 23.7 Å². The van der Waals surface area contributed by atoms with E-state index < -0.39 is 0 Å². The summed E-state index contributed by atoms with van der Waals surface area (Å²) in [5.41, 5.74) is 5.63. The Morgan fingerprint density at radius 2 is 2.31 bits per heavy atom. The lowest BCUT2D eigenvalue weighted by Crippen LogP contribution is -2.44. The highest BCUT2D eigenvalue weighted by molar-refractivity contribution is 7.09. The van der Waals surface area contributed by atoms with Crippen LogP contribution in [-0.4, -0.2) is 18.0 Å². The Labute approximate surface area is 107 Å². The summed E-state index contributed by atoms with van der Waals surface area (Å²) >= 11 is 1.71. The number of thiophene rings is 1. The average molecular weight is 263 g/mol. The molecule has 0 aliphatic carbocycles. The third kappa shape index (κ3) is 4.96. The van der Waals surface area contributed by atoms with Crippen molar-refractivity contribution >= 4 is 29.7 Å². The molecule has 1 heterocycles. The van der Waals surface area contributed by atoms with Gasteiger partial charge >= 0.3 is 0 Å². The highest BCUT2D eigenvalue weighted by Crippen LogP contribution is 2.10. The smallest absolute Gasteiger partial charge is 0.237 e. The van der Waals surface area contributed by atoms with Crippen LogP contribution in [0, 0.1) is 0 Å². The number of nitrogens with two attached hydrogens (primary N) is 1. The molecule has 0 aromatic carbocycles. The number of halogens is 1. The van der Waals surface area contributed by atoms with Crippen molar-refractivity contribution in [2.45, 2.75) is 38.8 Å². The van der Waals surface area contributed by atoms with Crippen molar-refractivity contribution < 1.29 is 4.79 Å². The predicted octanol–water partition coefficient (Wildman–Crippen LogP) is 1.95. The molecule has 5 heteroatoms. The second-order valence-corrected chi connectivity index (χ2v) is 4.74. The minimum Gasteiger partial charge on any atom is -0.352 e. The first kappa shape index (κ1) is 15.4. The van der Waals surface area contributed by atoms with Crippen molar-refractivity contribution in [3.63, 3.8) is 0 Å². The van der Waals surface area contributed by atoms with Crippen LogP contribution in [0.4, 0.5) is 0 Å². The van der Waals surface area contributed by atoms with Gasteiger partial charge in [0.15, 0.2) is 0 Å². The minimum atomic E-state index is -0.379. The van der Waals surface area contributed by atoms with E-state index in [1.165, 1.54) is 4.88 Å². The van der Waals surface area contributed by atoms with Gasteiger partial charge in [0.2, 0.25) is 5.91 Å². The van der Waals surface area contributed by atoms with Gasteiger partial charge in [0.05, 0.1) is 6.04 Å². The number of amides is 1. The molecule has 0 saturated heterocycles. The molecule has 1 rings (SSSR count). The molecule has 3 nitrogen and oxygen atoms in total. The fourth-order valence-corrected chi connectivity index (χ4v) is 2.15. The maximum Gasteiger partial charge on any atom is 0.237 e. The molecular formula is C11H19ClN2OS. The molecule has 0 radical (unpaired) electrons. The first-order valence-electron chi connectivity index (χ1n) is 5.21. The molecule has 2 atom stereocenters. The van der Waals surface area contributed by atoms with Crippen LogP contribution >= 0.6 is 23.7 Å². The molecule has 1 aromatic heterocycles. The van der Waals surface area contributed by atoms with Gasteiger partial charge in [-0.1, -0.05) is 13.0 Å². The molecule has 1 aromatic rings. The lowest BCUT2D eigenvalue weighted by atomic mass is 10.1. The highest BCUT2D eigenvalue weighted by Gasteiger charge is 2.13. The summed E-state index contributed by atoms with van der Waals surface area (Å²) in [6.45, 7) is 3.91. The molecule has 0 fully saturated rings. The molecule has 3 N–H and O–H groups in total. The van der Waals surface area contributed by atoms with Crippen LogP contribution in [0.3, 0.4) is 0 Å². The first-order valence-corrected chi connectivity index (χ1v) is 6.09. The van der Waals surface area contributed by atoms with Gasteiger partial charge in [-0.3, -0.25) is 4.79 Å². The molecule has 0 saturated carbocycles. The van der Waals surface area contributed by atoms with Crippen LogP contribution in [0.5, 0.6) is 0 Å². The van der Waals surface area contributed by atoms with Crippen LogP contribution in [0.2, 0.25) is 0 Å². The van der Waals surface area contributed by atoms with Crippen molar-refractivity contribution in [3.8, 4) is 0 Å². The summed E-state index contributed by atoms with van der Waals surface area (Å²) in [6.07, 6.45) is 1.55.